The van der Waals surface area contributed by atoms with Crippen molar-refractivity contribution in [3.8, 4) is 0 Å². The molecule has 2 fully saturated rings. The Bertz CT molecular complexity index is 1620. The summed E-state index contributed by atoms with van der Waals surface area (Å²) in [5, 5.41) is 25.6. The Morgan fingerprint density at radius 3 is 2.64 bits per heavy atom. The van der Waals surface area contributed by atoms with Crippen molar-refractivity contribution in [2.75, 3.05) is 23.4 Å². The zero-order valence-corrected chi connectivity index (χ0v) is 25.6. The van der Waals surface area contributed by atoms with E-state index >= 15 is 0 Å². The lowest BCUT2D eigenvalue weighted by molar-refractivity contribution is -0.167. The van der Waals surface area contributed by atoms with Crippen LogP contribution < -0.4 is 10.6 Å². The number of hydrogen-bond donors (Lipinski definition) is 3. The average Bonchev–Trinajstić information content (AvgIpc) is 3.70. The molecule has 0 spiro atoms. The number of halogens is 4. The third-order valence-electron chi connectivity index (χ3n) is 6.44. The number of aromatic nitrogens is 3. The molecule has 2 unspecified atom stereocenters. The minimum atomic E-state index is -5.18. The molecule has 13 nitrogen and oxygen atoms in total. The molecular weight excluding hydrogens is 687 g/mol. The van der Waals surface area contributed by atoms with Crippen LogP contribution in [0.15, 0.2) is 44.7 Å². The van der Waals surface area contributed by atoms with E-state index in [1.54, 1.807) is 5.32 Å². The predicted molar refractivity (Wildman–Crippen MR) is 155 cm³/mol. The number of amides is 3. The van der Waals surface area contributed by atoms with Gasteiger partial charge in [0.2, 0.25) is 5.91 Å². The Hall–Kier alpha value is -3.82. The molecule has 1 aromatic carbocycles. The van der Waals surface area contributed by atoms with Crippen LogP contribution in [0.3, 0.4) is 0 Å². The smallest absolute Gasteiger partial charge is 0.471 e. The lowest BCUT2D eigenvalue weighted by atomic mass is 9.89. The summed E-state index contributed by atoms with van der Waals surface area (Å²) < 4.78 is 51.9. The van der Waals surface area contributed by atoms with Gasteiger partial charge in [-0.3, -0.25) is 24.5 Å². The van der Waals surface area contributed by atoms with Gasteiger partial charge in [-0.2, -0.15) is 13.2 Å². The topological polar surface area (TPSA) is 176 Å². The van der Waals surface area contributed by atoms with E-state index in [2.05, 4.69) is 25.7 Å². The molecular formula is C24H19F4N7O6S4. The number of anilines is 1. The van der Waals surface area contributed by atoms with Gasteiger partial charge >= 0.3 is 18.1 Å². The number of β-lactam (4-membered cyclic amide) rings is 1. The van der Waals surface area contributed by atoms with E-state index in [1.165, 1.54) is 69.5 Å². The van der Waals surface area contributed by atoms with Crippen LogP contribution in [0, 0.1) is 11.2 Å². The van der Waals surface area contributed by atoms with E-state index in [0.717, 1.165) is 5.38 Å². The van der Waals surface area contributed by atoms with Crippen molar-refractivity contribution in [1.29, 1.82) is 0 Å². The number of hydrogen-bond acceptors (Lipinski definition) is 13. The van der Waals surface area contributed by atoms with Gasteiger partial charge in [-0.1, -0.05) is 40.4 Å². The maximum absolute atomic E-state index is 13.4. The molecule has 3 atom stereocenters. The van der Waals surface area contributed by atoms with E-state index in [4.69, 9.17) is 4.84 Å². The maximum atomic E-state index is 13.4. The van der Waals surface area contributed by atoms with Crippen molar-refractivity contribution < 1.29 is 46.7 Å². The largest absolute Gasteiger partial charge is 0.481 e. The van der Waals surface area contributed by atoms with E-state index in [-0.39, 0.29) is 30.4 Å². The number of thioether (sulfide) groups is 2. The van der Waals surface area contributed by atoms with Gasteiger partial charge < -0.3 is 20.2 Å². The third-order valence-corrected chi connectivity index (χ3v) is 10.9. The Morgan fingerprint density at radius 2 is 1.98 bits per heavy atom. The number of nitrogens with one attached hydrogen (secondary N) is 2. The summed E-state index contributed by atoms with van der Waals surface area (Å²) in [4.78, 5) is 60.5. The molecule has 238 valence electrons. The fraction of sp³-hybridized carbons (Fsp3) is 0.333. The molecule has 0 bridgehead atoms. The van der Waals surface area contributed by atoms with Crippen molar-refractivity contribution in [1.82, 2.24) is 25.4 Å². The van der Waals surface area contributed by atoms with Crippen molar-refractivity contribution in [3.05, 3.63) is 52.2 Å². The Balaban J connectivity index is 1.29. The first kappa shape index (κ1) is 32.6. The second-order valence-corrected chi connectivity index (χ2v) is 13.5. The SMILES string of the molecule is O=C(NC1C(=O)N2CC(CSc3nncs3)(C(=O)O)CS[C@H]12)C(=NOCc1ccc(F)cc1)c1csc(NC(=O)C(F)(F)F)n1. The summed E-state index contributed by atoms with van der Waals surface area (Å²) in [5.74, 6) is -5.09. The van der Waals surface area contributed by atoms with Gasteiger partial charge in [0.05, 0.1) is 0 Å². The number of alkyl halides is 3. The number of carbonyl (C=O) groups is 4. The zero-order valence-electron chi connectivity index (χ0n) is 22.3. The lowest BCUT2D eigenvalue weighted by Crippen LogP contribution is -2.74. The molecule has 2 aliphatic heterocycles. The molecule has 3 amide bonds. The summed E-state index contributed by atoms with van der Waals surface area (Å²) in [7, 11) is 0. The lowest BCUT2D eigenvalue weighted by Gasteiger charge is -2.53. The van der Waals surface area contributed by atoms with Gasteiger partial charge in [0.15, 0.2) is 15.2 Å². The molecule has 3 aromatic rings. The number of aliphatic carboxylic acids is 1. The Labute approximate surface area is 266 Å². The summed E-state index contributed by atoms with van der Waals surface area (Å²) in [5.41, 5.74) is -0.0509. The Morgan fingerprint density at radius 1 is 1.22 bits per heavy atom. The quantitative estimate of drug-likeness (QED) is 0.0880. The number of nitrogens with zero attached hydrogens (tertiary/aromatic N) is 5. The molecule has 2 saturated heterocycles. The van der Waals surface area contributed by atoms with Crippen molar-refractivity contribution in [2.45, 2.75) is 28.5 Å². The summed E-state index contributed by atoms with van der Waals surface area (Å²) in [6.45, 7) is -0.326. The van der Waals surface area contributed by atoms with Gasteiger partial charge in [0.25, 0.3) is 5.91 Å². The number of carboxylic acid groups (broad SMARTS) is 1. The number of carboxylic acids is 1. The molecule has 3 N–H and O–H groups in total. The maximum Gasteiger partial charge on any atom is 0.471 e. The number of carbonyl (C=O) groups excluding carboxylic acids is 3. The first-order valence-corrected chi connectivity index (χ1v) is 16.3. The predicted octanol–water partition coefficient (Wildman–Crippen LogP) is 2.82. The van der Waals surface area contributed by atoms with Crippen molar-refractivity contribution >= 4 is 80.7 Å². The number of oxime groups is 1. The van der Waals surface area contributed by atoms with Crippen LogP contribution in [0.1, 0.15) is 11.3 Å². The highest BCUT2D eigenvalue weighted by Crippen LogP contribution is 2.44. The zero-order chi connectivity index (χ0) is 32.4. The standard InChI is InChI=1S/C24H19F4N7O6S4/c25-12-3-1-11(2-4-12)5-41-34-14(13-6-42-21(30-13)32-19(38)24(26,27)28)16(36)31-15-17(37)35-7-23(20(39)40,8-43-18(15)35)9-44-22-33-29-10-45-22/h1-4,6,10,15,18H,5,7-9H2,(H,31,36)(H,39,40)(H,30,32,38)/t15?,18-,23?/m1/s1. The molecule has 21 heteroatoms. The second-order valence-electron chi connectivity index (χ2n) is 9.53. The van der Waals surface area contributed by atoms with E-state index < -0.39 is 63.4 Å². The minimum Gasteiger partial charge on any atom is -0.481 e. The fourth-order valence-electron chi connectivity index (χ4n) is 4.11. The first-order chi connectivity index (χ1) is 21.4. The summed E-state index contributed by atoms with van der Waals surface area (Å²) >= 11 is 4.23. The van der Waals surface area contributed by atoms with Crippen LogP contribution in [0.25, 0.3) is 0 Å². The average molecular weight is 706 g/mol. The Kier molecular flexibility index (Phi) is 9.60. The molecule has 2 aliphatic rings. The molecule has 45 heavy (non-hydrogen) atoms. The van der Waals surface area contributed by atoms with Gasteiger partial charge in [-0.25, -0.2) is 9.37 Å². The minimum absolute atomic E-state index is 0.104. The van der Waals surface area contributed by atoms with Crippen LogP contribution in [0.5, 0.6) is 0 Å². The fourth-order valence-corrected chi connectivity index (χ4v) is 8.15. The number of thiazole rings is 1. The van der Waals surface area contributed by atoms with Gasteiger partial charge in [-0.05, 0) is 17.7 Å². The molecule has 2 aromatic heterocycles. The van der Waals surface area contributed by atoms with Gasteiger partial charge in [0.1, 0.15) is 40.5 Å². The van der Waals surface area contributed by atoms with Crippen LogP contribution >= 0.6 is 46.2 Å². The number of fused-ring (bicyclic) bond motifs is 1. The second kappa shape index (κ2) is 13.3. The molecule has 5 rings (SSSR count). The normalized spacial score (nSPS) is 21.5. The monoisotopic (exact) mass is 705 g/mol. The molecule has 0 aliphatic carbocycles. The third kappa shape index (κ3) is 7.36. The van der Waals surface area contributed by atoms with Crippen LogP contribution in [-0.2, 0) is 30.6 Å². The van der Waals surface area contributed by atoms with Crippen LogP contribution in [0.2, 0.25) is 0 Å². The van der Waals surface area contributed by atoms with Crippen LogP contribution in [0.4, 0.5) is 22.7 Å². The summed E-state index contributed by atoms with van der Waals surface area (Å²) in [6.07, 6.45) is -5.18. The summed E-state index contributed by atoms with van der Waals surface area (Å²) in [6, 6.07) is 4.09. The highest BCUT2D eigenvalue weighted by Gasteiger charge is 2.57. The first-order valence-electron chi connectivity index (χ1n) is 12.5. The molecule has 4 heterocycles. The van der Waals surface area contributed by atoms with Gasteiger partial charge in [-0.15, -0.1) is 33.3 Å². The van der Waals surface area contributed by atoms with E-state index in [1.807, 2.05) is 0 Å². The highest BCUT2D eigenvalue weighted by atomic mass is 32.2. The molecule has 0 radical (unpaired) electrons. The molecule has 0 saturated carbocycles. The van der Waals surface area contributed by atoms with E-state index in [9.17, 15) is 41.8 Å². The van der Waals surface area contributed by atoms with E-state index in [0.29, 0.717) is 21.2 Å². The van der Waals surface area contributed by atoms with Crippen molar-refractivity contribution in [3.63, 3.8) is 0 Å². The number of rotatable bonds is 11. The van der Waals surface area contributed by atoms with Gasteiger partial charge in [0, 0.05) is 23.4 Å². The highest BCUT2D eigenvalue weighted by molar-refractivity contribution is 8.01. The van der Waals surface area contributed by atoms with Crippen molar-refractivity contribution in [2.24, 2.45) is 10.6 Å². The van der Waals surface area contributed by atoms with Crippen LogP contribution in [-0.4, -0.2) is 90.2 Å². The number of benzene rings is 1.